The summed E-state index contributed by atoms with van der Waals surface area (Å²) >= 11 is 0. The molecule has 1 spiro atoms. The van der Waals surface area contributed by atoms with Gasteiger partial charge < -0.3 is 20.7 Å². The van der Waals surface area contributed by atoms with Crippen molar-refractivity contribution in [1.82, 2.24) is 16.0 Å². The Balaban J connectivity index is 1.70. The van der Waals surface area contributed by atoms with Crippen LogP contribution < -0.4 is 20.7 Å². The van der Waals surface area contributed by atoms with E-state index in [-0.39, 0.29) is 23.6 Å². The van der Waals surface area contributed by atoms with Crippen molar-refractivity contribution in [3.63, 3.8) is 0 Å². The molecule has 28 heavy (non-hydrogen) atoms. The van der Waals surface area contributed by atoms with Crippen molar-refractivity contribution in [2.45, 2.75) is 77.0 Å². The highest BCUT2D eigenvalue weighted by molar-refractivity contribution is 5.81. The fraction of sp³-hybridized carbons (Fsp3) is 0.636. The van der Waals surface area contributed by atoms with Crippen molar-refractivity contribution in [1.29, 1.82) is 0 Å². The van der Waals surface area contributed by atoms with Gasteiger partial charge in [0.25, 0.3) is 0 Å². The van der Waals surface area contributed by atoms with Gasteiger partial charge in [-0.25, -0.2) is 0 Å². The third kappa shape index (κ3) is 5.18. The minimum absolute atomic E-state index is 0.0379. The smallest absolute Gasteiger partial charge is 0.222 e. The van der Waals surface area contributed by atoms with E-state index in [1.807, 2.05) is 19.9 Å². The predicted molar refractivity (Wildman–Crippen MR) is 113 cm³/mol. The molecule has 1 fully saturated rings. The van der Waals surface area contributed by atoms with Crippen molar-refractivity contribution < 1.29 is 9.53 Å². The van der Waals surface area contributed by atoms with E-state index in [1.165, 1.54) is 18.4 Å². The molecule has 3 rings (SSSR count). The summed E-state index contributed by atoms with van der Waals surface area (Å²) in [6, 6.07) is 8.62. The molecule has 0 aromatic heterocycles. The molecule has 1 atom stereocenters. The van der Waals surface area contributed by atoms with Gasteiger partial charge in [0.05, 0.1) is 12.6 Å². The van der Waals surface area contributed by atoms with Gasteiger partial charge in [-0.1, -0.05) is 18.2 Å². The second kappa shape index (κ2) is 9.30. The van der Waals surface area contributed by atoms with Crippen LogP contribution in [0.1, 0.15) is 70.9 Å². The van der Waals surface area contributed by atoms with Crippen molar-refractivity contribution >= 4 is 11.9 Å². The zero-order valence-electron chi connectivity index (χ0n) is 17.4. The second-order valence-electron chi connectivity index (χ2n) is 8.16. The molecule has 2 aliphatic rings. The van der Waals surface area contributed by atoms with Crippen LogP contribution in [0.2, 0.25) is 0 Å². The molecule has 0 radical (unpaired) electrons. The molecule has 0 saturated heterocycles. The Morgan fingerprint density at radius 1 is 1.29 bits per heavy atom. The molecule has 0 bridgehead atoms. The van der Waals surface area contributed by atoms with Crippen LogP contribution in [0.5, 0.6) is 5.75 Å². The summed E-state index contributed by atoms with van der Waals surface area (Å²) in [6.07, 6.45) is 6.03. The number of amides is 1. The Bertz CT molecular complexity index is 696. The van der Waals surface area contributed by atoms with Gasteiger partial charge in [-0.2, -0.15) is 0 Å². The van der Waals surface area contributed by atoms with Crippen molar-refractivity contribution in [2.24, 2.45) is 4.99 Å². The number of benzene rings is 1. The first-order chi connectivity index (χ1) is 13.5. The SMILES string of the molecule is CCNC(=NCCC(=O)NC(C)C)NC1CC2(CCCC2)Oc2ccccc21. The normalized spacial score (nSPS) is 20.6. The minimum atomic E-state index is -0.0551. The molecule has 6 heteroatoms. The van der Waals surface area contributed by atoms with Crippen LogP contribution in [-0.2, 0) is 4.79 Å². The first-order valence-electron chi connectivity index (χ1n) is 10.6. The Labute approximate surface area is 168 Å². The lowest BCUT2D eigenvalue weighted by Crippen LogP contribution is -2.46. The second-order valence-corrected chi connectivity index (χ2v) is 8.16. The number of para-hydroxylation sites is 1. The molecule has 1 saturated carbocycles. The van der Waals surface area contributed by atoms with Gasteiger partial charge in [0.15, 0.2) is 5.96 Å². The molecule has 1 aromatic rings. The van der Waals surface area contributed by atoms with E-state index < -0.39 is 0 Å². The van der Waals surface area contributed by atoms with E-state index in [9.17, 15) is 4.79 Å². The van der Waals surface area contributed by atoms with E-state index in [0.717, 1.165) is 37.5 Å². The summed E-state index contributed by atoms with van der Waals surface area (Å²) in [5.41, 5.74) is 1.13. The summed E-state index contributed by atoms with van der Waals surface area (Å²) in [5.74, 6) is 1.78. The Hall–Kier alpha value is -2.24. The van der Waals surface area contributed by atoms with E-state index in [2.05, 4.69) is 46.1 Å². The molecular formula is C22H34N4O2. The quantitative estimate of drug-likeness (QED) is 0.518. The minimum Gasteiger partial charge on any atom is -0.487 e. The number of aliphatic imine (C=N–C) groups is 1. The number of nitrogens with zero attached hydrogens (tertiary/aromatic N) is 1. The number of hydrogen-bond donors (Lipinski definition) is 3. The molecule has 154 valence electrons. The standard InChI is InChI=1S/C22H34N4O2/c1-4-23-21(24-14-11-20(27)25-16(2)3)26-18-15-22(12-7-8-13-22)28-19-10-6-5-9-17(18)19/h5-6,9-10,16,18H,4,7-8,11-15H2,1-3H3,(H,25,27)(H2,23,24,26). The summed E-state index contributed by atoms with van der Waals surface area (Å²) in [6.45, 7) is 7.23. The lowest BCUT2D eigenvalue weighted by molar-refractivity contribution is -0.121. The molecule has 1 aromatic carbocycles. The van der Waals surface area contributed by atoms with Crippen LogP contribution in [0.15, 0.2) is 29.3 Å². The van der Waals surface area contributed by atoms with Crippen LogP contribution in [0.3, 0.4) is 0 Å². The fourth-order valence-corrected chi connectivity index (χ4v) is 4.22. The van der Waals surface area contributed by atoms with Crippen LogP contribution in [0.4, 0.5) is 0 Å². The number of rotatable bonds is 6. The predicted octanol–water partition coefficient (Wildman–Crippen LogP) is 3.29. The molecule has 1 aliphatic heterocycles. The van der Waals surface area contributed by atoms with Gasteiger partial charge in [-0.3, -0.25) is 9.79 Å². The number of nitrogens with one attached hydrogen (secondary N) is 3. The number of carbonyl (C=O) groups excluding carboxylic acids is 1. The van der Waals surface area contributed by atoms with Gasteiger partial charge in [0, 0.05) is 31.0 Å². The van der Waals surface area contributed by atoms with Crippen molar-refractivity contribution in [3.8, 4) is 5.75 Å². The molecule has 1 unspecified atom stereocenters. The van der Waals surface area contributed by atoms with Crippen molar-refractivity contribution in [2.75, 3.05) is 13.1 Å². The average Bonchev–Trinajstić information content (AvgIpc) is 3.08. The largest absolute Gasteiger partial charge is 0.487 e. The Morgan fingerprint density at radius 3 is 2.75 bits per heavy atom. The van der Waals surface area contributed by atoms with Gasteiger partial charge in [-0.05, 0) is 52.5 Å². The first kappa shape index (κ1) is 20.5. The molecular weight excluding hydrogens is 352 g/mol. The van der Waals surface area contributed by atoms with Crippen LogP contribution in [0, 0.1) is 0 Å². The summed E-state index contributed by atoms with van der Waals surface area (Å²) < 4.78 is 6.45. The van der Waals surface area contributed by atoms with Crippen LogP contribution in [-0.4, -0.2) is 36.6 Å². The molecule has 6 nitrogen and oxygen atoms in total. The molecule has 1 heterocycles. The lowest BCUT2D eigenvalue weighted by atomic mass is 9.86. The maximum absolute atomic E-state index is 11.9. The van der Waals surface area contributed by atoms with Gasteiger partial charge >= 0.3 is 0 Å². The van der Waals surface area contributed by atoms with Crippen LogP contribution >= 0.6 is 0 Å². The highest BCUT2D eigenvalue weighted by Crippen LogP contribution is 2.46. The molecule has 1 aliphatic carbocycles. The highest BCUT2D eigenvalue weighted by atomic mass is 16.5. The van der Waals surface area contributed by atoms with E-state index in [4.69, 9.17) is 4.74 Å². The summed E-state index contributed by atoms with van der Waals surface area (Å²) in [4.78, 5) is 16.5. The number of ether oxygens (including phenoxy) is 1. The Kier molecular flexibility index (Phi) is 6.81. The zero-order chi connectivity index (χ0) is 20.0. The molecule has 3 N–H and O–H groups in total. The zero-order valence-corrected chi connectivity index (χ0v) is 17.4. The third-order valence-electron chi connectivity index (χ3n) is 5.43. The number of fused-ring (bicyclic) bond motifs is 1. The van der Waals surface area contributed by atoms with E-state index in [1.54, 1.807) is 0 Å². The Morgan fingerprint density at radius 2 is 2.04 bits per heavy atom. The number of carbonyl (C=O) groups is 1. The monoisotopic (exact) mass is 386 g/mol. The topological polar surface area (TPSA) is 74.8 Å². The van der Waals surface area contributed by atoms with Gasteiger partial charge in [0.1, 0.15) is 11.4 Å². The highest BCUT2D eigenvalue weighted by Gasteiger charge is 2.43. The first-order valence-corrected chi connectivity index (χ1v) is 10.6. The van der Waals surface area contributed by atoms with E-state index >= 15 is 0 Å². The number of hydrogen-bond acceptors (Lipinski definition) is 3. The van der Waals surface area contributed by atoms with Gasteiger partial charge in [0.2, 0.25) is 5.91 Å². The third-order valence-corrected chi connectivity index (χ3v) is 5.43. The van der Waals surface area contributed by atoms with Crippen LogP contribution in [0.25, 0.3) is 0 Å². The maximum atomic E-state index is 11.9. The summed E-state index contributed by atoms with van der Waals surface area (Å²) in [7, 11) is 0. The maximum Gasteiger partial charge on any atom is 0.222 e. The molecule has 1 amide bonds. The van der Waals surface area contributed by atoms with Crippen molar-refractivity contribution in [3.05, 3.63) is 29.8 Å². The van der Waals surface area contributed by atoms with Gasteiger partial charge in [-0.15, -0.1) is 0 Å². The fourth-order valence-electron chi connectivity index (χ4n) is 4.22. The lowest BCUT2D eigenvalue weighted by Gasteiger charge is -2.40. The van der Waals surface area contributed by atoms with E-state index in [0.29, 0.717) is 13.0 Å². The summed E-state index contributed by atoms with van der Waals surface area (Å²) in [5, 5.41) is 9.84. The number of guanidine groups is 1. The average molecular weight is 387 g/mol.